The van der Waals surface area contributed by atoms with Gasteiger partial charge in [0.05, 0.1) is 10.6 Å². The van der Waals surface area contributed by atoms with Crippen LogP contribution in [0, 0.1) is 5.82 Å². The second kappa shape index (κ2) is 7.22. The molecule has 106 valence electrons. The van der Waals surface area contributed by atoms with Crippen LogP contribution in [0.1, 0.15) is 19.8 Å². The van der Waals surface area contributed by atoms with Gasteiger partial charge in [-0.3, -0.25) is 0 Å². The minimum Gasteiger partial charge on any atom is -0.488 e. The third kappa shape index (κ3) is 4.75. The van der Waals surface area contributed by atoms with Crippen molar-refractivity contribution in [1.82, 2.24) is 5.32 Å². The SMILES string of the molecule is CC(CNCC1CCCO1)Oc1cc(F)ccc1Br. The quantitative estimate of drug-likeness (QED) is 0.868. The van der Waals surface area contributed by atoms with Gasteiger partial charge >= 0.3 is 0 Å². The molecule has 0 aliphatic carbocycles. The Kier molecular flexibility index (Phi) is 5.60. The van der Waals surface area contributed by atoms with Crippen molar-refractivity contribution in [3.05, 3.63) is 28.5 Å². The number of benzene rings is 1. The second-order valence-electron chi connectivity index (χ2n) is 4.80. The molecule has 1 N–H and O–H groups in total. The lowest BCUT2D eigenvalue weighted by Gasteiger charge is -2.18. The van der Waals surface area contributed by atoms with Crippen molar-refractivity contribution < 1.29 is 13.9 Å². The molecule has 0 aromatic heterocycles. The molecule has 0 saturated carbocycles. The fourth-order valence-electron chi connectivity index (χ4n) is 2.08. The molecule has 3 nitrogen and oxygen atoms in total. The Hall–Kier alpha value is -0.650. The highest BCUT2D eigenvalue weighted by Crippen LogP contribution is 2.26. The van der Waals surface area contributed by atoms with E-state index in [2.05, 4.69) is 21.2 Å². The van der Waals surface area contributed by atoms with Crippen LogP contribution in [0.5, 0.6) is 5.75 Å². The van der Waals surface area contributed by atoms with Crippen LogP contribution in [0.25, 0.3) is 0 Å². The van der Waals surface area contributed by atoms with Crippen molar-refractivity contribution >= 4 is 15.9 Å². The maximum absolute atomic E-state index is 13.1. The van der Waals surface area contributed by atoms with Gasteiger partial charge in [-0.2, -0.15) is 0 Å². The Morgan fingerprint density at radius 1 is 1.58 bits per heavy atom. The summed E-state index contributed by atoms with van der Waals surface area (Å²) >= 11 is 3.35. The molecule has 1 saturated heterocycles. The Balaban J connectivity index is 1.73. The predicted molar refractivity (Wildman–Crippen MR) is 76.0 cm³/mol. The van der Waals surface area contributed by atoms with Gasteiger partial charge in [-0.1, -0.05) is 0 Å². The molecular weight excluding hydrogens is 313 g/mol. The van der Waals surface area contributed by atoms with E-state index < -0.39 is 0 Å². The molecule has 1 fully saturated rings. The molecule has 1 heterocycles. The highest BCUT2D eigenvalue weighted by molar-refractivity contribution is 9.10. The average molecular weight is 332 g/mol. The van der Waals surface area contributed by atoms with E-state index in [1.54, 1.807) is 6.07 Å². The van der Waals surface area contributed by atoms with Crippen LogP contribution >= 0.6 is 15.9 Å². The first-order valence-corrected chi connectivity index (χ1v) is 7.38. The van der Waals surface area contributed by atoms with E-state index in [1.165, 1.54) is 12.1 Å². The molecule has 1 aromatic rings. The standard InChI is InChI=1S/C14H19BrFNO2/c1-10(8-17-9-12-3-2-6-18-12)19-14-7-11(16)4-5-13(14)15/h4-5,7,10,12,17H,2-3,6,8-9H2,1H3. The summed E-state index contributed by atoms with van der Waals surface area (Å²) in [5, 5.41) is 3.32. The van der Waals surface area contributed by atoms with Crippen molar-refractivity contribution in [2.24, 2.45) is 0 Å². The summed E-state index contributed by atoms with van der Waals surface area (Å²) in [6.07, 6.45) is 2.57. The van der Waals surface area contributed by atoms with Crippen LogP contribution in [0.4, 0.5) is 4.39 Å². The van der Waals surface area contributed by atoms with Crippen LogP contribution in [-0.4, -0.2) is 31.9 Å². The zero-order valence-electron chi connectivity index (χ0n) is 11.0. The third-order valence-corrected chi connectivity index (χ3v) is 3.70. The van der Waals surface area contributed by atoms with Crippen molar-refractivity contribution in [2.75, 3.05) is 19.7 Å². The third-order valence-electron chi connectivity index (χ3n) is 3.05. The van der Waals surface area contributed by atoms with Crippen molar-refractivity contribution in [3.63, 3.8) is 0 Å². The molecule has 19 heavy (non-hydrogen) atoms. The number of nitrogens with one attached hydrogen (secondary N) is 1. The van der Waals surface area contributed by atoms with Gasteiger partial charge in [0.25, 0.3) is 0 Å². The van der Waals surface area contributed by atoms with Gasteiger partial charge in [0.2, 0.25) is 0 Å². The summed E-state index contributed by atoms with van der Waals surface area (Å²) < 4.78 is 25.1. The van der Waals surface area contributed by atoms with Gasteiger partial charge < -0.3 is 14.8 Å². The molecule has 1 aromatic carbocycles. The smallest absolute Gasteiger partial charge is 0.136 e. The molecule has 0 bridgehead atoms. The second-order valence-corrected chi connectivity index (χ2v) is 5.65. The fraction of sp³-hybridized carbons (Fsp3) is 0.571. The van der Waals surface area contributed by atoms with Gasteiger partial charge in [-0.05, 0) is 47.8 Å². The lowest BCUT2D eigenvalue weighted by molar-refractivity contribution is 0.106. The normalized spacial score (nSPS) is 20.5. The minimum atomic E-state index is -0.294. The van der Waals surface area contributed by atoms with Crippen LogP contribution in [0.15, 0.2) is 22.7 Å². The van der Waals surface area contributed by atoms with E-state index in [1.807, 2.05) is 6.92 Å². The number of hydrogen-bond acceptors (Lipinski definition) is 3. The lowest BCUT2D eigenvalue weighted by Crippen LogP contribution is -2.34. The fourth-order valence-corrected chi connectivity index (χ4v) is 2.42. The maximum atomic E-state index is 13.1. The predicted octanol–water partition coefficient (Wildman–Crippen LogP) is 3.12. The average Bonchev–Trinajstić information content (AvgIpc) is 2.87. The number of halogens is 2. The van der Waals surface area contributed by atoms with Gasteiger partial charge in [0, 0.05) is 25.8 Å². The van der Waals surface area contributed by atoms with Gasteiger partial charge in [-0.25, -0.2) is 4.39 Å². The number of hydrogen-bond donors (Lipinski definition) is 1. The first-order chi connectivity index (χ1) is 9.15. The van der Waals surface area contributed by atoms with Crippen LogP contribution in [-0.2, 0) is 4.74 Å². The van der Waals surface area contributed by atoms with Gasteiger partial charge in [0.1, 0.15) is 17.7 Å². The molecule has 2 unspecified atom stereocenters. The Morgan fingerprint density at radius 2 is 2.42 bits per heavy atom. The van der Waals surface area contributed by atoms with Crippen molar-refractivity contribution in [3.8, 4) is 5.75 Å². The minimum absolute atomic E-state index is 0.0282. The number of rotatable bonds is 6. The molecule has 2 rings (SSSR count). The Morgan fingerprint density at radius 3 is 3.16 bits per heavy atom. The maximum Gasteiger partial charge on any atom is 0.136 e. The first-order valence-electron chi connectivity index (χ1n) is 6.59. The molecule has 0 amide bonds. The summed E-state index contributed by atoms with van der Waals surface area (Å²) in [6, 6.07) is 4.44. The Bertz CT molecular complexity index is 410. The monoisotopic (exact) mass is 331 g/mol. The van der Waals surface area contributed by atoms with Crippen molar-refractivity contribution in [1.29, 1.82) is 0 Å². The van der Waals surface area contributed by atoms with E-state index in [0.717, 1.165) is 30.5 Å². The molecule has 1 aliphatic rings. The molecule has 1 aliphatic heterocycles. The van der Waals surface area contributed by atoms with Crippen molar-refractivity contribution in [2.45, 2.75) is 32.0 Å². The van der Waals surface area contributed by atoms with Crippen LogP contribution in [0.2, 0.25) is 0 Å². The van der Waals surface area contributed by atoms with E-state index in [0.29, 0.717) is 18.4 Å². The molecular formula is C14H19BrFNO2. The summed E-state index contributed by atoms with van der Waals surface area (Å²) in [5.41, 5.74) is 0. The summed E-state index contributed by atoms with van der Waals surface area (Å²) in [4.78, 5) is 0. The molecule has 2 atom stereocenters. The van der Waals surface area contributed by atoms with E-state index in [-0.39, 0.29) is 11.9 Å². The van der Waals surface area contributed by atoms with Crippen LogP contribution in [0.3, 0.4) is 0 Å². The largest absolute Gasteiger partial charge is 0.488 e. The highest BCUT2D eigenvalue weighted by atomic mass is 79.9. The molecule has 0 radical (unpaired) electrons. The zero-order chi connectivity index (χ0) is 13.7. The molecule has 5 heteroatoms. The summed E-state index contributed by atoms with van der Waals surface area (Å²) in [7, 11) is 0. The Labute approximate surface area is 121 Å². The van der Waals surface area contributed by atoms with E-state index in [4.69, 9.17) is 9.47 Å². The summed E-state index contributed by atoms with van der Waals surface area (Å²) in [5.74, 6) is 0.240. The highest BCUT2D eigenvalue weighted by Gasteiger charge is 2.15. The van der Waals surface area contributed by atoms with E-state index in [9.17, 15) is 4.39 Å². The van der Waals surface area contributed by atoms with Crippen LogP contribution < -0.4 is 10.1 Å². The number of ether oxygens (including phenoxy) is 2. The van der Waals surface area contributed by atoms with Gasteiger partial charge in [0.15, 0.2) is 0 Å². The lowest BCUT2D eigenvalue weighted by atomic mass is 10.2. The zero-order valence-corrected chi connectivity index (χ0v) is 12.6. The molecule has 0 spiro atoms. The first kappa shape index (κ1) is 14.8. The van der Waals surface area contributed by atoms with Gasteiger partial charge in [-0.15, -0.1) is 0 Å². The topological polar surface area (TPSA) is 30.5 Å². The van der Waals surface area contributed by atoms with E-state index >= 15 is 0 Å². The summed E-state index contributed by atoms with van der Waals surface area (Å²) in [6.45, 7) is 4.38.